The zero-order valence-electron chi connectivity index (χ0n) is 11.1. The van der Waals surface area contributed by atoms with E-state index in [9.17, 15) is 26.4 Å². The molecule has 0 saturated carbocycles. The number of benzene rings is 1. The average molecular weight is 322 g/mol. The van der Waals surface area contributed by atoms with Crippen molar-refractivity contribution in [3.63, 3.8) is 0 Å². The maximum absolute atomic E-state index is 13.4. The van der Waals surface area contributed by atoms with Gasteiger partial charge in [0.25, 0.3) is 0 Å². The van der Waals surface area contributed by atoms with E-state index in [0.717, 1.165) is 16.6 Å². The Kier molecular flexibility index (Phi) is 5.50. The summed E-state index contributed by atoms with van der Waals surface area (Å²) in [6.45, 7) is 2.63. The minimum absolute atomic E-state index is 0.119. The lowest BCUT2D eigenvalue weighted by Crippen LogP contribution is -2.37. The fraction of sp³-hybridized carbons (Fsp3) is 0.250. The molecule has 9 heteroatoms. The predicted octanol–water partition coefficient (Wildman–Crippen LogP) is 1.49. The first-order valence-electron chi connectivity index (χ1n) is 5.66. The molecule has 0 aliphatic carbocycles. The van der Waals surface area contributed by atoms with Crippen LogP contribution in [0.15, 0.2) is 24.8 Å². The molecule has 0 radical (unpaired) electrons. The van der Waals surface area contributed by atoms with E-state index in [4.69, 9.17) is 0 Å². The average Bonchev–Trinajstić information content (AvgIpc) is 2.38. The first-order valence-corrected chi connectivity index (χ1v) is 7.51. The lowest BCUT2D eigenvalue weighted by atomic mass is 10.2. The summed E-state index contributed by atoms with van der Waals surface area (Å²) in [6.07, 6.45) is 2.16. The number of hydrogen-bond donors (Lipinski definition) is 1. The summed E-state index contributed by atoms with van der Waals surface area (Å²) in [5.41, 5.74) is -0.578. The zero-order chi connectivity index (χ0) is 16.2. The van der Waals surface area contributed by atoms with E-state index in [2.05, 4.69) is 6.58 Å². The highest BCUT2D eigenvalue weighted by Crippen LogP contribution is 2.19. The van der Waals surface area contributed by atoms with Crippen molar-refractivity contribution in [2.24, 2.45) is 0 Å². The highest BCUT2D eigenvalue weighted by Gasteiger charge is 2.20. The fourth-order valence-electron chi connectivity index (χ4n) is 1.43. The number of rotatable bonds is 6. The SMILES string of the molecule is C=CCN(CC(=O)Nc1ccc(F)c(F)c1F)S(C)(=O)=O. The third kappa shape index (κ3) is 4.57. The maximum Gasteiger partial charge on any atom is 0.239 e. The third-order valence-corrected chi connectivity index (χ3v) is 3.65. The van der Waals surface area contributed by atoms with E-state index in [1.165, 1.54) is 6.08 Å². The quantitative estimate of drug-likeness (QED) is 0.637. The summed E-state index contributed by atoms with van der Waals surface area (Å²) in [5.74, 6) is -5.57. The molecule has 0 fully saturated rings. The summed E-state index contributed by atoms with van der Waals surface area (Å²) in [4.78, 5) is 11.7. The Hall–Kier alpha value is -1.87. The number of nitrogens with zero attached hydrogens (tertiary/aromatic N) is 1. The molecule has 116 valence electrons. The highest BCUT2D eigenvalue weighted by atomic mass is 32.2. The Labute approximate surface area is 120 Å². The molecule has 0 aliphatic rings. The van der Waals surface area contributed by atoms with Crippen molar-refractivity contribution in [2.75, 3.05) is 24.7 Å². The molecule has 0 atom stereocenters. The largest absolute Gasteiger partial charge is 0.322 e. The molecule has 1 aromatic rings. The molecule has 0 heterocycles. The molecule has 1 aromatic carbocycles. The lowest BCUT2D eigenvalue weighted by molar-refractivity contribution is -0.116. The van der Waals surface area contributed by atoms with E-state index >= 15 is 0 Å². The van der Waals surface area contributed by atoms with Gasteiger partial charge in [0.1, 0.15) is 0 Å². The molecular weight excluding hydrogens is 309 g/mol. The molecule has 5 nitrogen and oxygen atoms in total. The summed E-state index contributed by atoms with van der Waals surface area (Å²) in [5, 5.41) is 1.98. The van der Waals surface area contributed by atoms with Gasteiger partial charge in [0.15, 0.2) is 17.5 Å². The van der Waals surface area contributed by atoms with Crippen LogP contribution in [0.4, 0.5) is 18.9 Å². The normalized spacial score (nSPS) is 11.5. The van der Waals surface area contributed by atoms with Gasteiger partial charge in [0.2, 0.25) is 15.9 Å². The van der Waals surface area contributed by atoms with Crippen LogP contribution >= 0.6 is 0 Å². The second-order valence-electron chi connectivity index (χ2n) is 4.12. The van der Waals surface area contributed by atoms with Crippen LogP contribution in [0.3, 0.4) is 0 Å². The van der Waals surface area contributed by atoms with Gasteiger partial charge >= 0.3 is 0 Å². The van der Waals surface area contributed by atoms with Gasteiger partial charge < -0.3 is 5.32 Å². The minimum atomic E-state index is -3.67. The lowest BCUT2D eigenvalue weighted by Gasteiger charge is -2.17. The van der Waals surface area contributed by atoms with Crippen molar-refractivity contribution < 1.29 is 26.4 Å². The van der Waals surface area contributed by atoms with Crippen LogP contribution in [-0.4, -0.2) is 38.0 Å². The molecule has 1 rings (SSSR count). The van der Waals surface area contributed by atoms with E-state index in [1.807, 2.05) is 5.32 Å². The molecule has 0 saturated heterocycles. The number of carbonyl (C=O) groups is 1. The van der Waals surface area contributed by atoms with Crippen LogP contribution in [0.5, 0.6) is 0 Å². The summed E-state index contributed by atoms with van der Waals surface area (Å²) < 4.78 is 62.7. The molecule has 0 aliphatic heterocycles. The first kappa shape index (κ1) is 17.2. The Morgan fingerprint density at radius 1 is 1.33 bits per heavy atom. The van der Waals surface area contributed by atoms with Crippen molar-refractivity contribution in [3.05, 3.63) is 42.2 Å². The van der Waals surface area contributed by atoms with Crippen LogP contribution in [0, 0.1) is 17.5 Å². The number of hydrogen-bond acceptors (Lipinski definition) is 3. The molecule has 0 spiro atoms. The third-order valence-electron chi connectivity index (χ3n) is 2.43. The van der Waals surface area contributed by atoms with Crippen molar-refractivity contribution in [1.82, 2.24) is 4.31 Å². The number of halogens is 3. The van der Waals surface area contributed by atoms with Crippen LogP contribution < -0.4 is 5.32 Å². The van der Waals surface area contributed by atoms with Crippen molar-refractivity contribution >= 4 is 21.6 Å². The summed E-state index contributed by atoms with van der Waals surface area (Å²) in [6, 6.07) is 1.48. The predicted molar refractivity (Wildman–Crippen MR) is 71.6 cm³/mol. The highest BCUT2D eigenvalue weighted by molar-refractivity contribution is 7.88. The molecule has 21 heavy (non-hydrogen) atoms. The van der Waals surface area contributed by atoms with Crippen LogP contribution in [0.2, 0.25) is 0 Å². The van der Waals surface area contributed by atoms with Gasteiger partial charge in [-0.15, -0.1) is 6.58 Å². The van der Waals surface area contributed by atoms with E-state index < -0.39 is 45.6 Å². The summed E-state index contributed by atoms with van der Waals surface area (Å²) in [7, 11) is -3.67. The second-order valence-corrected chi connectivity index (χ2v) is 6.10. The molecule has 0 unspecified atom stereocenters. The minimum Gasteiger partial charge on any atom is -0.322 e. The molecule has 0 bridgehead atoms. The van der Waals surface area contributed by atoms with Gasteiger partial charge in [-0.2, -0.15) is 4.31 Å². The van der Waals surface area contributed by atoms with Gasteiger partial charge in [-0.25, -0.2) is 21.6 Å². The Bertz CT molecular complexity index is 662. The van der Waals surface area contributed by atoms with Crippen LogP contribution in [0.1, 0.15) is 0 Å². The van der Waals surface area contributed by atoms with Crippen molar-refractivity contribution in [1.29, 1.82) is 0 Å². The molecular formula is C12H13F3N2O3S. The first-order chi connectivity index (χ1) is 9.66. The van der Waals surface area contributed by atoms with Gasteiger partial charge in [0, 0.05) is 6.54 Å². The Balaban J connectivity index is 2.87. The van der Waals surface area contributed by atoms with Crippen LogP contribution in [0.25, 0.3) is 0 Å². The molecule has 1 amide bonds. The van der Waals surface area contributed by atoms with Gasteiger partial charge in [0.05, 0.1) is 18.5 Å². The monoisotopic (exact) mass is 322 g/mol. The van der Waals surface area contributed by atoms with Gasteiger partial charge in [-0.1, -0.05) is 6.08 Å². The van der Waals surface area contributed by atoms with E-state index in [-0.39, 0.29) is 6.54 Å². The van der Waals surface area contributed by atoms with Crippen molar-refractivity contribution in [2.45, 2.75) is 0 Å². The maximum atomic E-state index is 13.4. The number of nitrogens with one attached hydrogen (secondary N) is 1. The zero-order valence-corrected chi connectivity index (χ0v) is 11.9. The molecule has 1 N–H and O–H groups in total. The second kappa shape index (κ2) is 6.72. The smallest absolute Gasteiger partial charge is 0.239 e. The van der Waals surface area contributed by atoms with Gasteiger partial charge in [-0.3, -0.25) is 4.79 Å². The van der Waals surface area contributed by atoms with Gasteiger partial charge in [-0.05, 0) is 12.1 Å². The van der Waals surface area contributed by atoms with E-state index in [0.29, 0.717) is 6.07 Å². The Morgan fingerprint density at radius 3 is 2.48 bits per heavy atom. The summed E-state index contributed by atoms with van der Waals surface area (Å²) >= 11 is 0. The van der Waals surface area contributed by atoms with Crippen molar-refractivity contribution in [3.8, 4) is 0 Å². The number of sulfonamides is 1. The number of amides is 1. The Morgan fingerprint density at radius 2 is 1.95 bits per heavy atom. The standard InChI is InChI=1S/C12H13F3N2O3S/c1-3-6-17(21(2,19)20)7-10(18)16-9-5-4-8(13)11(14)12(9)15/h3-5H,1,6-7H2,2H3,(H,16,18). The number of carbonyl (C=O) groups excluding carboxylic acids is 1. The number of anilines is 1. The molecule has 0 aromatic heterocycles. The van der Waals surface area contributed by atoms with Crippen LogP contribution in [-0.2, 0) is 14.8 Å². The fourth-order valence-corrected chi connectivity index (χ4v) is 2.16. The topological polar surface area (TPSA) is 66.5 Å². The van der Waals surface area contributed by atoms with E-state index in [1.54, 1.807) is 0 Å².